The minimum absolute atomic E-state index is 0.455. The lowest BCUT2D eigenvalue weighted by Gasteiger charge is -2.29. The molecule has 1 heterocycles. The molecule has 0 bridgehead atoms. The van der Waals surface area contributed by atoms with Crippen molar-refractivity contribution in [1.29, 1.82) is 0 Å². The Labute approximate surface area is 110 Å². The van der Waals surface area contributed by atoms with E-state index < -0.39 is 0 Å². The van der Waals surface area contributed by atoms with Crippen LogP contribution in [0.2, 0.25) is 0 Å². The van der Waals surface area contributed by atoms with Crippen LogP contribution >= 0.6 is 0 Å². The minimum atomic E-state index is 0.455. The van der Waals surface area contributed by atoms with Crippen LogP contribution in [0.1, 0.15) is 38.2 Å². The maximum Gasteiger partial charge on any atom is 0.0666 e. The minimum Gasteiger partial charge on any atom is -0.376 e. The Morgan fingerprint density at radius 3 is 2.78 bits per heavy atom. The summed E-state index contributed by atoms with van der Waals surface area (Å²) in [5.74, 6) is 0. The zero-order valence-electron chi connectivity index (χ0n) is 11.6. The summed E-state index contributed by atoms with van der Waals surface area (Å²) >= 11 is 0. The Hall–Kier alpha value is -0.870. The van der Waals surface area contributed by atoms with Gasteiger partial charge in [0.05, 0.1) is 25.5 Å². The van der Waals surface area contributed by atoms with Gasteiger partial charge in [0.15, 0.2) is 0 Å². The molecule has 0 unspecified atom stereocenters. The topological polar surface area (TPSA) is 39.1 Å². The van der Waals surface area contributed by atoms with Gasteiger partial charge in [0.25, 0.3) is 0 Å². The molecule has 1 fully saturated rings. The Bertz CT molecular complexity index is 343. The molecule has 1 aliphatic carbocycles. The number of hydrogen-bond donors (Lipinski definition) is 1. The maximum atomic E-state index is 5.93. The van der Waals surface area contributed by atoms with Crippen molar-refractivity contribution in [3.63, 3.8) is 0 Å². The molecule has 1 aromatic rings. The van der Waals surface area contributed by atoms with Crippen molar-refractivity contribution in [2.75, 3.05) is 13.2 Å². The molecular weight excluding hydrogens is 226 g/mol. The summed E-state index contributed by atoms with van der Waals surface area (Å²) in [6.07, 6.45) is 9.29. The molecule has 1 aromatic heterocycles. The van der Waals surface area contributed by atoms with Crippen molar-refractivity contribution in [1.82, 2.24) is 15.1 Å². The monoisotopic (exact) mass is 251 g/mol. The largest absolute Gasteiger partial charge is 0.376 e. The van der Waals surface area contributed by atoms with Crippen LogP contribution in [0.3, 0.4) is 0 Å². The SMILES string of the molecule is CCNC1CCC(OCCn2cc(C)cn2)CC1. The van der Waals surface area contributed by atoms with Gasteiger partial charge in [-0.2, -0.15) is 5.10 Å². The number of rotatable bonds is 6. The van der Waals surface area contributed by atoms with Crippen LogP contribution in [0.4, 0.5) is 0 Å². The molecule has 0 amide bonds. The molecule has 0 atom stereocenters. The Morgan fingerprint density at radius 1 is 1.39 bits per heavy atom. The van der Waals surface area contributed by atoms with Gasteiger partial charge >= 0.3 is 0 Å². The molecule has 4 nitrogen and oxygen atoms in total. The molecule has 102 valence electrons. The van der Waals surface area contributed by atoms with Crippen LogP contribution in [-0.2, 0) is 11.3 Å². The lowest BCUT2D eigenvalue weighted by Crippen LogP contribution is -2.35. The summed E-state index contributed by atoms with van der Waals surface area (Å²) in [5, 5.41) is 7.78. The van der Waals surface area contributed by atoms with E-state index in [9.17, 15) is 0 Å². The fourth-order valence-corrected chi connectivity index (χ4v) is 2.62. The Kier molecular flexibility index (Phi) is 5.20. The molecular formula is C14H25N3O. The van der Waals surface area contributed by atoms with E-state index in [0.717, 1.165) is 19.7 Å². The van der Waals surface area contributed by atoms with Crippen molar-refractivity contribution in [3.8, 4) is 0 Å². The molecule has 2 rings (SSSR count). The van der Waals surface area contributed by atoms with E-state index in [0.29, 0.717) is 12.1 Å². The van der Waals surface area contributed by atoms with Crippen LogP contribution in [0, 0.1) is 6.92 Å². The van der Waals surface area contributed by atoms with E-state index in [2.05, 4.69) is 30.5 Å². The first-order chi connectivity index (χ1) is 8.78. The van der Waals surface area contributed by atoms with Gasteiger partial charge in [-0.1, -0.05) is 6.92 Å². The quantitative estimate of drug-likeness (QED) is 0.842. The average Bonchev–Trinajstić information content (AvgIpc) is 2.78. The van der Waals surface area contributed by atoms with Crippen LogP contribution in [-0.4, -0.2) is 35.1 Å². The van der Waals surface area contributed by atoms with Crippen molar-refractivity contribution in [2.24, 2.45) is 0 Å². The predicted octanol–water partition coefficient (Wildman–Crippen LogP) is 2.13. The highest BCUT2D eigenvalue weighted by atomic mass is 16.5. The van der Waals surface area contributed by atoms with Gasteiger partial charge in [-0.05, 0) is 44.7 Å². The maximum absolute atomic E-state index is 5.93. The van der Waals surface area contributed by atoms with Gasteiger partial charge in [-0.25, -0.2) is 0 Å². The van der Waals surface area contributed by atoms with Crippen LogP contribution < -0.4 is 5.32 Å². The number of nitrogens with one attached hydrogen (secondary N) is 1. The number of aryl methyl sites for hydroxylation is 1. The highest BCUT2D eigenvalue weighted by Crippen LogP contribution is 2.21. The first-order valence-corrected chi connectivity index (χ1v) is 7.12. The fraction of sp³-hybridized carbons (Fsp3) is 0.786. The van der Waals surface area contributed by atoms with Gasteiger partial charge in [0.2, 0.25) is 0 Å². The summed E-state index contributed by atoms with van der Waals surface area (Å²) in [7, 11) is 0. The molecule has 0 aromatic carbocycles. The second-order valence-corrected chi connectivity index (χ2v) is 5.18. The molecule has 18 heavy (non-hydrogen) atoms. The second-order valence-electron chi connectivity index (χ2n) is 5.18. The molecule has 0 saturated heterocycles. The van der Waals surface area contributed by atoms with E-state index in [1.54, 1.807) is 0 Å². The predicted molar refractivity (Wildman–Crippen MR) is 72.6 cm³/mol. The normalized spacial score (nSPS) is 24.3. The van der Waals surface area contributed by atoms with Gasteiger partial charge in [-0.3, -0.25) is 4.68 Å². The molecule has 4 heteroatoms. The van der Waals surface area contributed by atoms with E-state index >= 15 is 0 Å². The molecule has 0 spiro atoms. The Balaban J connectivity index is 1.60. The summed E-state index contributed by atoms with van der Waals surface area (Å²) in [5.41, 5.74) is 1.21. The van der Waals surface area contributed by atoms with Gasteiger partial charge < -0.3 is 10.1 Å². The van der Waals surface area contributed by atoms with E-state index in [1.807, 2.05) is 10.9 Å². The summed E-state index contributed by atoms with van der Waals surface area (Å²) in [6, 6.07) is 0.712. The lowest BCUT2D eigenvalue weighted by molar-refractivity contribution is 0.0174. The van der Waals surface area contributed by atoms with E-state index in [-0.39, 0.29) is 0 Å². The number of ether oxygens (including phenoxy) is 1. The van der Waals surface area contributed by atoms with Crippen molar-refractivity contribution in [3.05, 3.63) is 18.0 Å². The number of hydrogen-bond acceptors (Lipinski definition) is 3. The summed E-state index contributed by atoms with van der Waals surface area (Å²) < 4.78 is 7.89. The summed E-state index contributed by atoms with van der Waals surface area (Å²) in [6.45, 7) is 6.95. The first-order valence-electron chi connectivity index (χ1n) is 7.12. The first kappa shape index (κ1) is 13.6. The zero-order valence-corrected chi connectivity index (χ0v) is 11.6. The van der Waals surface area contributed by atoms with Gasteiger partial charge in [-0.15, -0.1) is 0 Å². The second kappa shape index (κ2) is 6.90. The third kappa shape index (κ3) is 4.10. The highest BCUT2D eigenvalue weighted by Gasteiger charge is 2.20. The molecule has 0 radical (unpaired) electrons. The van der Waals surface area contributed by atoms with Crippen molar-refractivity contribution >= 4 is 0 Å². The van der Waals surface area contributed by atoms with Crippen LogP contribution in [0.15, 0.2) is 12.4 Å². The van der Waals surface area contributed by atoms with Gasteiger partial charge in [0, 0.05) is 12.2 Å². The molecule has 1 aliphatic rings. The van der Waals surface area contributed by atoms with Crippen molar-refractivity contribution in [2.45, 2.75) is 58.2 Å². The average molecular weight is 251 g/mol. The smallest absolute Gasteiger partial charge is 0.0666 e. The number of aromatic nitrogens is 2. The zero-order chi connectivity index (χ0) is 12.8. The van der Waals surface area contributed by atoms with E-state index in [1.165, 1.54) is 31.2 Å². The number of nitrogens with zero attached hydrogens (tertiary/aromatic N) is 2. The van der Waals surface area contributed by atoms with Crippen molar-refractivity contribution < 1.29 is 4.74 Å². The lowest BCUT2D eigenvalue weighted by atomic mass is 9.93. The fourth-order valence-electron chi connectivity index (χ4n) is 2.62. The van der Waals surface area contributed by atoms with Crippen LogP contribution in [0.5, 0.6) is 0 Å². The molecule has 1 N–H and O–H groups in total. The third-order valence-corrected chi connectivity index (χ3v) is 3.60. The Morgan fingerprint density at radius 2 is 2.17 bits per heavy atom. The van der Waals surface area contributed by atoms with Gasteiger partial charge in [0.1, 0.15) is 0 Å². The standard InChI is InChI=1S/C14H25N3O/c1-3-15-13-4-6-14(7-5-13)18-9-8-17-11-12(2)10-16-17/h10-11,13-15H,3-9H2,1-2H3. The summed E-state index contributed by atoms with van der Waals surface area (Å²) in [4.78, 5) is 0. The van der Waals surface area contributed by atoms with E-state index in [4.69, 9.17) is 4.74 Å². The van der Waals surface area contributed by atoms with Crippen LogP contribution in [0.25, 0.3) is 0 Å². The third-order valence-electron chi connectivity index (χ3n) is 3.60. The molecule has 0 aliphatic heterocycles. The highest BCUT2D eigenvalue weighted by molar-refractivity contribution is 4.99. The molecule has 1 saturated carbocycles.